The fourth-order valence-corrected chi connectivity index (χ4v) is 3.65. The molecule has 0 N–H and O–H groups in total. The summed E-state index contributed by atoms with van der Waals surface area (Å²) in [5.41, 5.74) is 1.04. The van der Waals surface area contributed by atoms with Gasteiger partial charge < -0.3 is 9.64 Å². The molecule has 0 saturated carbocycles. The number of hydrogen-bond donors (Lipinski definition) is 0. The summed E-state index contributed by atoms with van der Waals surface area (Å²) in [4.78, 5) is 1.82. The molecule has 6 heteroatoms. The van der Waals surface area contributed by atoms with Gasteiger partial charge in [0.25, 0.3) is 0 Å². The summed E-state index contributed by atoms with van der Waals surface area (Å²) < 4.78 is 6.15. The Labute approximate surface area is 166 Å². The van der Waals surface area contributed by atoms with E-state index in [9.17, 15) is 21.0 Å². The number of rotatable bonds is 0. The van der Waals surface area contributed by atoms with E-state index in [0.29, 0.717) is 32.6 Å². The lowest BCUT2D eigenvalue weighted by molar-refractivity contribution is 0.472. The van der Waals surface area contributed by atoms with Crippen LogP contribution >= 0.6 is 0 Å². The molecule has 0 saturated heterocycles. The van der Waals surface area contributed by atoms with Crippen molar-refractivity contribution in [2.75, 3.05) is 11.9 Å². The maximum absolute atomic E-state index is 9.61. The van der Waals surface area contributed by atoms with E-state index >= 15 is 0 Å². The number of anilines is 2. The second-order valence-electron chi connectivity index (χ2n) is 6.30. The number of nitrogens with zero attached hydrogens (tertiary/aromatic N) is 5. The highest BCUT2D eigenvalue weighted by Gasteiger charge is 2.27. The highest BCUT2D eigenvalue weighted by Crippen LogP contribution is 2.43. The van der Waals surface area contributed by atoms with Gasteiger partial charge >= 0.3 is 0 Å². The summed E-state index contributed by atoms with van der Waals surface area (Å²) in [6.07, 6.45) is 0. The zero-order valence-corrected chi connectivity index (χ0v) is 15.3. The molecule has 0 unspecified atom stereocenters. The van der Waals surface area contributed by atoms with Gasteiger partial charge in [0.15, 0.2) is 11.5 Å². The Bertz CT molecular complexity index is 1460. The van der Waals surface area contributed by atoms with Gasteiger partial charge in [-0.15, -0.1) is 0 Å². The maximum Gasteiger partial charge on any atom is 0.161 e. The molecule has 1 heterocycles. The van der Waals surface area contributed by atoms with Gasteiger partial charge in [-0.25, -0.2) is 0 Å². The Balaban J connectivity index is 2.41. The van der Waals surface area contributed by atoms with Gasteiger partial charge in [-0.2, -0.15) is 21.0 Å². The maximum atomic E-state index is 9.61. The Morgan fingerprint density at radius 3 is 1.90 bits per heavy atom. The van der Waals surface area contributed by atoms with E-state index in [1.807, 2.05) is 47.4 Å². The standard InChI is InChI=1S/C23H11N5O/c1-28-18-8-4-5-9-19(18)29-23-21(15(12-26)13-27)17-7-3-2-6-16(17)20(22(23)28)14(10-24)11-25/h2-9H,1H3. The van der Waals surface area contributed by atoms with Gasteiger partial charge in [0.2, 0.25) is 0 Å². The van der Waals surface area contributed by atoms with Crippen LogP contribution in [-0.4, -0.2) is 7.05 Å². The number of hydrogen-bond acceptors (Lipinski definition) is 6. The summed E-state index contributed by atoms with van der Waals surface area (Å²) in [5, 5.41) is 40.3. The first-order valence-electron chi connectivity index (χ1n) is 8.60. The lowest BCUT2D eigenvalue weighted by atomic mass is 9.96. The quantitative estimate of drug-likeness (QED) is 0.599. The molecule has 0 aliphatic carbocycles. The summed E-state index contributed by atoms with van der Waals surface area (Å²) in [5.74, 6) is 0.830. The van der Waals surface area contributed by atoms with E-state index in [4.69, 9.17) is 4.74 Å². The first-order valence-corrected chi connectivity index (χ1v) is 8.60. The van der Waals surface area contributed by atoms with Crippen LogP contribution < -0.4 is 20.1 Å². The zero-order valence-electron chi connectivity index (χ0n) is 15.3. The molecule has 0 amide bonds. The van der Waals surface area contributed by atoms with E-state index in [0.717, 1.165) is 5.69 Å². The van der Waals surface area contributed by atoms with Crippen LogP contribution in [0, 0.1) is 45.3 Å². The minimum atomic E-state index is -0.104. The summed E-state index contributed by atoms with van der Waals surface area (Å²) in [6.45, 7) is 0. The minimum absolute atomic E-state index is 0.0747. The monoisotopic (exact) mass is 373 g/mol. The van der Waals surface area contributed by atoms with E-state index < -0.39 is 0 Å². The molecule has 0 spiro atoms. The molecule has 3 aromatic carbocycles. The lowest BCUT2D eigenvalue weighted by Crippen LogP contribution is -2.30. The van der Waals surface area contributed by atoms with Crippen molar-refractivity contribution in [3.63, 3.8) is 0 Å². The minimum Gasteiger partial charge on any atom is -0.452 e. The van der Waals surface area contributed by atoms with Gasteiger partial charge in [-0.3, -0.25) is 0 Å². The molecule has 0 aromatic heterocycles. The molecule has 1 aliphatic heterocycles. The molecule has 0 radical (unpaired) electrons. The Morgan fingerprint density at radius 2 is 1.28 bits per heavy atom. The van der Waals surface area contributed by atoms with Crippen molar-refractivity contribution in [2.24, 2.45) is 0 Å². The highest BCUT2D eigenvalue weighted by molar-refractivity contribution is 6.00. The van der Waals surface area contributed by atoms with Crippen LogP contribution in [0.4, 0.5) is 11.4 Å². The van der Waals surface area contributed by atoms with Crippen molar-refractivity contribution in [1.29, 1.82) is 21.0 Å². The van der Waals surface area contributed by atoms with Crippen molar-refractivity contribution in [3.05, 3.63) is 59.0 Å². The van der Waals surface area contributed by atoms with Gasteiger partial charge in [-0.1, -0.05) is 36.4 Å². The average Bonchev–Trinajstić information content (AvgIpc) is 2.76. The Morgan fingerprint density at radius 1 is 0.759 bits per heavy atom. The lowest BCUT2D eigenvalue weighted by Gasteiger charge is -2.31. The molecular formula is C23H11N5O. The predicted molar refractivity (Wildman–Crippen MR) is 107 cm³/mol. The number of para-hydroxylation sites is 2. The van der Waals surface area contributed by atoms with Crippen LogP contribution in [0.5, 0.6) is 11.5 Å². The van der Waals surface area contributed by atoms with Crippen molar-refractivity contribution >= 4 is 33.3 Å². The van der Waals surface area contributed by atoms with Gasteiger partial charge in [0.1, 0.15) is 35.4 Å². The largest absolute Gasteiger partial charge is 0.452 e. The average molecular weight is 373 g/mol. The Hall–Kier alpha value is -4.78. The van der Waals surface area contributed by atoms with Crippen LogP contribution in [0.2, 0.25) is 0 Å². The van der Waals surface area contributed by atoms with Crippen LogP contribution in [0.25, 0.3) is 21.9 Å². The second kappa shape index (κ2) is 6.75. The smallest absolute Gasteiger partial charge is 0.161 e. The predicted octanol–water partition coefficient (Wildman–Crippen LogP) is 3.11. The number of fused-ring (bicyclic) bond motifs is 3. The molecular weight excluding hydrogens is 362 g/mol. The Kier molecular flexibility index (Phi) is 4.10. The van der Waals surface area contributed by atoms with Gasteiger partial charge in [0, 0.05) is 12.3 Å². The SMILES string of the molecule is CN1c2ccccc2Oc2c1c(=C(C#N)C#N)c1ccccc1c2=C(C#N)C#N. The molecule has 134 valence electrons. The van der Waals surface area contributed by atoms with Crippen molar-refractivity contribution in [2.45, 2.75) is 0 Å². The summed E-state index contributed by atoms with van der Waals surface area (Å²) >= 11 is 0. The van der Waals surface area contributed by atoms with Crippen LogP contribution in [0.15, 0.2) is 48.5 Å². The van der Waals surface area contributed by atoms with Crippen LogP contribution in [0.3, 0.4) is 0 Å². The third-order valence-corrected chi connectivity index (χ3v) is 4.87. The van der Waals surface area contributed by atoms with Crippen LogP contribution in [0.1, 0.15) is 0 Å². The molecule has 6 nitrogen and oxygen atoms in total. The molecule has 4 rings (SSSR count). The van der Waals surface area contributed by atoms with E-state index in [1.165, 1.54) is 0 Å². The first-order chi connectivity index (χ1) is 14.2. The molecule has 0 bridgehead atoms. The van der Waals surface area contributed by atoms with Crippen molar-refractivity contribution in [3.8, 4) is 35.8 Å². The number of nitriles is 4. The van der Waals surface area contributed by atoms with Crippen molar-refractivity contribution < 1.29 is 4.74 Å². The third kappa shape index (κ3) is 2.46. The van der Waals surface area contributed by atoms with Crippen molar-refractivity contribution in [1.82, 2.24) is 0 Å². The summed E-state index contributed by atoms with van der Waals surface area (Å²) in [7, 11) is 1.80. The second-order valence-corrected chi connectivity index (χ2v) is 6.30. The van der Waals surface area contributed by atoms with Gasteiger partial charge in [-0.05, 0) is 22.9 Å². The molecule has 0 fully saturated rings. The first kappa shape index (κ1) is 17.6. The molecule has 0 atom stereocenters. The van der Waals surface area contributed by atoms with E-state index in [-0.39, 0.29) is 16.9 Å². The van der Waals surface area contributed by atoms with Gasteiger partial charge in [0.05, 0.1) is 16.6 Å². The third-order valence-electron chi connectivity index (χ3n) is 4.87. The normalized spacial score (nSPS) is 11.0. The number of ether oxygens (including phenoxy) is 1. The fourth-order valence-electron chi connectivity index (χ4n) is 3.65. The number of benzene rings is 3. The topological polar surface area (TPSA) is 108 Å². The van der Waals surface area contributed by atoms with E-state index in [2.05, 4.69) is 0 Å². The molecule has 1 aliphatic rings. The zero-order chi connectivity index (χ0) is 20.5. The highest BCUT2D eigenvalue weighted by atomic mass is 16.5. The molecule has 3 aromatic rings. The molecule has 29 heavy (non-hydrogen) atoms. The van der Waals surface area contributed by atoms with E-state index in [1.54, 1.807) is 37.4 Å². The summed E-state index contributed by atoms with van der Waals surface area (Å²) in [6, 6.07) is 22.2. The fraction of sp³-hybridized carbons (Fsp3) is 0.0435. The van der Waals surface area contributed by atoms with Crippen LogP contribution in [-0.2, 0) is 0 Å².